The fourth-order valence-corrected chi connectivity index (χ4v) is 5.14. The molecule has 2 N–H and O–H groups in total. The van der Waals surface area contributed by atoms with E-state index in [2.05, 4.69) is 10.6 Å². The average Bonchev–Trinajstić information content (AvgIpc) is 3.39. The molecular formula is C23H32N4O6S. The molecule has 1 aliphatic rings. The van der Waals surface area contributed by atoms with Gasteiger partial charge < -0.3 is 24.7 Å². The highest BCUT2D eigenvalue weighted by molar-refractivity contribution is 7.89. The van der Waals surface area contributed by atoms with Crippen LogP contribution in [-0.2, 0) is 19.6 Å². The Kier molecular flexibility index (Phi) is 9.08. The third kappa shape index (κ3) is 6.37. The summed E-state index contributed by atoms with van der Waals surface area (Å²) in [6.07, 6.45) is 2.00. The third-order valence-electron chi connectivity index (χ3n) is 5.57. The van der Waals surface area contributed by atoms with E-state index >= 15 is 0 Å². The number of nitrogens with zero attached hydrogens (tertiary/aromatic N) is 2. The van der Waals surface area contributed by atoms with Crippen LogP contribution in [0.3, 0.4) is 0 Å². The summed E-state index contributed by atoms with van der Waals surface area (Å²) in [4.78, 5) is 26.7. The molecule has 0 aliphatic carbocycles. The van der Waals surface area contributed by atoms with Crippen molar-refractivity contribution in [1.29, 1.82) is 0 Å². The molecule has 0 saturated carbocycles. The zero-order valence-electron chi connectivity index (χ0n) is 19.6. The van der Waals surface area contributed by atoms with E-state index in [-0.39, 0.29) is 28.9 Å². The van der Waals surface area contributed by atoms with E-state index in [1.165, 1.54) is 16.6 Å². The summed E-state index contributed by atoms with van der Waals surface area (Å²) < 4.78 is 37.9. The highest BCUT2D eigenvalue weighted by atomic mass is 32.2. The van der Waals surface area contributed by atoms with Crippen LogP contribution in [0.1, 0.15) is 37.2 Å². The van der Waals surface area contributed by atoms with E-state index in [0.29, 0.717) is 58.0 Å². The van der Waals surface area contributed by atoms with Crippen LogP contribution in [0.15, 0.2) is 45.9 Å². The van der Waals surface area contributed by atoms with E-state index < -0.39 is 10.0 Å². The number of furan rings is 1. The van der Waals surface area contributed by atoms with Crippen molar-refractivity contribution < 1.29 is 27.2 Å². The molecule has 0 radical (unpaired) electrons. The van der Waals surface area contributed by atoms with Crippen molar-refractivity contribution in [2.24, 2.45) is 0 Å². The molecule has 1 fully saturated rings. The van der Waals surface area contributed by atoms with Crippen molar-refractivity contribution in [3.63, 3.8) is 0 Å². The van der Waals surface area contributed by atoms with Gasteiger partial charge in [0.15, 0.2) is 5.76 Å². The van der Waals surface area contributed by atoms with Gasteiger partial charge in [0.2, 0.25) is 15.9 Å². The normalized spacial score (nSPS) is 14.5. The van der Waals surface area contributed by atoms with E-state index in [0.717, 1.165) is 5.69 Å². The lowest BCUT2D eigenvalue weighted by molar-refractivity contribution is -0.116. The van der Waals surface area contributed by atoms with E-state index in [4.69, 9.17) is 9.15 Å². The number of amides is 2. The predicted octanol–water partition coefficient (Wildman–Crippen LogP) is 2.30. The van der Waals surface area contributed by atoms with Crippen LogP contribution in [0.4, 0.5) is 11.4 Å². The van der Waals surface area contributed by atoms with Crippen LogP contribution in [-0.4, -0.2) is 70.5 Å². The number of carbonyl (C=O) groups excluding carboxylic acids is 2. The number of benzene rings is 1. The maximum absolute atomic E-state index is 13.1. The average molecular weight is 493 g/mol. The van der Waals surface area contributed by atoms with Crippen molar-refractivity contribution in [2.75, 3.05) is 56.2 Å². The monoisotopic (exact) mass is 492 g/mol. The molecular weight excluding hydrogens is 460 g/mol. The molecule has 10 nitrogen and oxygen atoms in total. The number of ether oxygens (including phenoxy) is 1. The first-order chi connectivity index (χ1) is 16.4. The number of hydrogen-bond acceptors (Lipinski definition) is 7. The summed E-state index contributed by atoms with van der Waals surface area (Å²) in [6, 6.07) is 8.03. The van der Waals surface area contributed by atoms with Gasteiger partial charge in [-0.15, -0.1) is 0 Å². The van der Waals surface area contributed by atoms with Crippen molar-refractivity contribution in [1.82, 2.24) is 9.62 Å². The van der Waals surface area contributed by atoms with Crippen molar-refractivity contribution in [3.05, 3.63) is 42.4 Å². The SMILES string of the molecule is CCN(CC)c1ccc(S(=O)(=O)N2CCOCC2)cc1NC(=O)CCCNC(=O)c1ccco1. The van der Waals surface area contributed by atoms with E-state index in [1.807, 2.05) is 18.7 Å². The number of rotatable bonds is 11. The van der Waals surface area contributed by atoms with Crippen LogP contribution in [0.2, 0.25) is 0 Å². The maximum Gasteiger partial charge on any atom is 0.286 e. The first-order valence-corrected chi connectivity index (χ1v) is 12.9. The minimum Gasteiger partial charge on any atom is -0.459 e. The molecule has 1 aliphatic heterocycles. The maximum atomic E-state index is 13.1. The molecule has 0 atom stereocenters. The topological polar surface area (TPSA) is 121 Å². The van der Waals surface area contributed by atoms with Gasteiger partial charge in [-0.2, -0.15) is 4.31 Å². The number of anilines is 2. The molecule has 1 aromatic carbocycles. The molecule has 0 unspecified atom stereocenters. The van der Waals surface area contributed by atoms with Crippen LogP contribution in [0, 0.1) is 0 Å². The number of morpholine rings is 1. The molecule has 0 bridgehead atoms. The smallest absolute Gasteiger partial charge is 0.286 e. The van der Waals surface area contributed by atoms with E-state index in [1.54, 1.807) is 24.3 Å². The number of nitrogens with one attached hydrogen (secondary N) is 2. The summed E-state index contributed by atoms with van der Waals surface area (Å²) in [5, 5.41) is 5.57. The third-order valence-corrected chi connectivity index (χ3v) is 7.46. The molecule has 1 aromatic heterocycles. The highest BCUT2D eigenvalue weighted by Crippen LogP contribution is 2.30. The van der Waals surface area contributed by atoms with E-state index in [9.17, 15) is 18.0 Å². The van der Waals surface area contributed by atoms with Gasteiger partial charge in [-0.3, -0.25) is 9.59 Å². The largest absolute Gasteiger partial charge is 0.459 e. The van der Waals surface area contributed by atoms with Crippen molar-refractivity contribution in [3.8, 4) is 0 Å². The van der Waals surface area contributed by atoms with Gasteiger partial charge in [0, 0.05) is 39.1 Å². The van der Waals surface area contributed by atoms with Gasteiger partial charge in [0.25, 0.3) is 5.91 Å². The van der Waals surface area contributed by atoms with Crippen LogP contribution < -0.4 is 15.5 Å². The van der Waals surface area contributed by atoms with Crippen LogP contribution in [0.5, 0.6) is 0 Å². The first-order valence-electron chi connectivity index (χ1n) is 11.4. The molecule has 0 spiro atoms. The van der Waals surface area contributed by atoms with Crippen LogP contribution in [0.25, 0.3) is 0 Å². The number of hydrogen-bond donors (Lipinski definition) is 2. The molecule has 2 heterocycles. The summed E-state index contributed by atoms with van der Waals surface area (Å²) >= 11 is 0. The Morgan fingerprint density at radius 2 is 1.85 bits per heavy atom. The van der Waals surface area contributed by atoms with Crippen molar-refractivity contribution >= 4 is 33.2 Å². The van der Waals surface area contributed by atoms with Gasteiger partial charge in [0.05, 0.1) is 35.7 Å². The fourth-order valence-electron chi connectivity index (χ4n) is 3.71. The predicted molar refractivity (Wildman–Crippen MR) is 128 cm³/mol. The second kappa shape index (κ2) is 12.0. The molecule has 2 amide bonds. The Balaban J connectivity index is 1.69. The summed E-state index contributed by atoms with van der Waals surface area (Å²) in [5.41, 5.74) is 1.20. The van der Waals surface area contributed by atoms with Crippen molar-refractivity contribution in [2.45, 2.75) is 31.6 Å². The lowest BCUT2D eigenvalue weighted by Gasteiger charge is -2.28. The number of carbonyl (C=O) groups is 2. The minimum atomic E-state index is -3.70. The fraction of sp³-hybridized carbons (Fsp3) is 0.478. The first kappa shape index (κ1) is 25.7. The molecule has 11 heteroatoms. The van der Waals surface area contributed by atoms with Gasteiger partial charge >= 0.3 is 0 Å². The molecule has 3 rings (SSSR count). The summed E-state index contributed by atoms with van der Waals surface area (Å²) in [7, 11) is -3.70. The Morgan fingerprint density at radius 3 is 2.50 bits per heavy atom. The summed E-state index contributed by atoms with van der Waals surface area (Å²) in [5.74, 6) is -0.386. The Hall–Kier alpha value is -2.89. The standard InChI is InChI=1S/C23H32N4O6S/c1-3-26(4-2)20-10-9-18(34(30,31)27-12-15-32-16-13-27)17-19(20)25-22(28)8-5-11-24-23(29)21-7-6-14-33-21/h6-7,9-10,14,17H,3-5,8,11-13,15-16H2,1-2H3,(H,24,29)(H,25,28). The second-order valence-corrected chi connectivity index (χ2v) is 9.69. The van der Waals surface area contributed by atoms with Gasteiger partial charge in [-0.1, -0.05) is 0 Å². The highest BCUT2D eigenvalue weighted by Gasteiger charge is 2.27. The Morgan fingerprint density at radius 1 is 1.12 bits per heavy atom. The molecule has 1 saturated heterocycles. The number of sulfonamides is 1. The molecule has 2 aromatic rings. The molecule has 34 heavy (non-hydrogen) atoms. The van der Waals surface area contributed by atoms with Gasteiger partial charge in [0.1, 0.15) is 0 Å². The lowest BCUT2D eigenvalue weighted by Crippen LogP contribution is -2.40. The van der Waals surface area contributed by atoms with Crippen LogP contribution >= 0.6 is 0 Å². The second-order valence-electron chi connectivity index (χ2n) is 7.75. The zero-order valence-corrected chi connectivity index (χ0v) is 20.4. The van der Waals surface area contributed by atoms with Gasteiger partial charge in [-0.05, 0) is 50.6 Å². The lowest BCUT2D eigenvalue weighted by atomic mass is 10.2. The zero-order chi connectivity index (χ0) is 24.6. The minimum absolute atomic E-state index is 0.131. The Bertz CT molecular complexity index is 1060. The quantitative estimate of drug-likeness (QED) is 0.462. The Labute approximate surface area is 200 Å². The summed E-state index contributed by atoms with van der Waals surface area (Å²) in [6.45, 7) is 7.01. The van der Waals surface area contributed by atoms with Gasteiger partial charge in [-0.25, -0.2) is 8.42 Å². The molecule has 186 valence electrons.